The van der Waals surface area contributed by atoms with Gasteiger partial charge in [-0.1, -0.05) is 12.1 Å². The Hall–Kier alpha value is -3.15. The van der Waals surface area contributed by atoms with Crippen molar-refractivity contribution in [1.29, 1.82) is 0 Å². The number of hydrogen-bond donors (Lipinski definition) is 0. The lowest BCUT2D eigenvalue weighted by Crippen LogP contribution is -2.19. The number of carbonyl (C=O) groups excluding carboxylic acids is 1. The van der Waals surface area contributed by atoms with E-state index in [0.29, 0.717) is 5.69 Å². The zero-order valence-electron chi connectivity index (χ0n) is 13.9. The first-order valence-electron chi connectivity index (χ1n) is 7.57. The normalized spacial score (nSPS) is 10.5. The molecule has 0 spiro atoms. The van der Waals surface area contributed by atoms with Crippen molar-refractivity contribution >= 4 is 23.5 Å². The maximum Gasteiger partial charge on any atom is 0.218 e. The number of hydrogen-bond acceptors (Lipinski definition) is 4. The highest BCUT2D eigenvalue weighted by Gasteiger charge is 2.14. The maximum atomic E-state index is 11.7. The Morgan fingerprint density at radius 2 is 1.75 bits per heavy atom. The van der Waals surface area contributed by atoms with Crippen molar-refractivity contribution in [3.63, 3.8) is 0 Å². The molecule has 1 amide bonds. The lowest BCUT2D eigenvalue weighted by Gasteiger charge is -2.24. The fraction of sp³-hybridized carbons (Fsp3) is 0.167. The molecule has 0 aliphatic carbocycles. The van der Waals surface area contributed by atoms with Crippen molar-refractivity contribution in [2.24, 2.45) is 7.05 Å². The molecule has 6 nitrogen and oxygen atoms in total. The van der Waals surface area contributed by atoms with Gasteiger partial charge in [0, 0.05) is 27.3 Å². The average Bonchev–Trinajstić information content (AvgIpc) is 3.03. The highest BCUT2D eigenvalue weighted by Crippen LogP contribution is 2.32. The molecule has 0 saturated heterocycles. The number of rotatable bonds is 5. The number of aromatic nitrogens is 3. The van der Waals surface area contributed by atoms with Crippen LogP contribution < -0.4 is 9.80 Å². The zero-order valence-corrected chi connectivity index (χ0v) is 13.9. The van der Waals surface area contributed by atoms with Crippen LogP contribution in [-0.4, -0.2) is 35.3 Å². The van der Waals surface area contributed by atoms with Crippen molar-refractivity contribution < 1.29 is 4.79 Å². The van der Waals surface area contributed by atoms with Crippen molar-refractivity contribution in [2.45, 2.75) is 0 Å². The van der Waals surface area contributed by atoms with E-state index in [2.05, 4.69) is 10.1 Å². The van der Waals surface area contributed by atoms with Crippen LogP contribution in [0, 0.1) is 0 Å². The van der Waals surface area contributed by atoms with Crippen LogP contribution in [0.25, 0.3) is 11.4 Å². The molecule has 0 saturated carbocycles. The van der Waals surface area contributed by atoms with Gasteiger partial charge in [0.25, 0.3) is 0 Å². The van der Waals surface area contributed by atoms with Gasteiger partial charge < -0.3 is 4.90 Å². The summed E-state index contributed by atoms with van der Waals surface area (Å²) >= 11 is 0. The van der Waals surface area contributed by atoms with Crippen LogP contribution in [0.4, 0.5) is 17.1 Å². The highest BCUT2D eigenvalue weighted by molar-refractivity contribution is 5.92. The molecule has 0 fully saturated rings. The molecule has 2 heterocycles. The summed E-state index contributed by atoms with van der Waals surface area (Å²) < 4.78 is 1.73. The molecule has 0 bridgehead atoms. The third-order valence-corrected chi connectivity index (χ3v) is 3.73. The first-order chi connectivity index (χ1) is 11.6. The lowest BCUT2D eigenvalue weighted by molar-refractivity contribution is -0.106. The van der Waals surface area contributed by atoms with E-state index in [4.69, 9.17) is 0 Å². The van der Waals surface area contributed by atoms with Gasteiger partial charge in [0.1, 0.15) is 5.69 Å². The second-order valence-corrected chi connectivity index (χ2v) is 5.63. The largest absolute Gasteiger partial charge is 0.376 e. The highest BCUT2D eigenvalue weighted by atomic mass is 16.1. The van der Waals surface area contributed by atoms with Gasteiger partial charge in [0.15, 0.2) is 0 Å². The van der Waals surface area contributed by atoms with Crippen LogP contribution in [0.2, 0.25) is 0 Å². The van der Waals surface area contributed by atoms with Crippen LogP contribution in [0.3, 0.4) is 0 Å². The molecule has 2 aromatic heterocycles. The molecule has 3 rings (SSSR count). The van der Waals surface area contributed by atoms with Crippen LogP contribution in [0.15, 0.2) is 54.9 Å². The summed E-state index contributed by atoms with van der Waals surface area (Å²) in [4.78, 5) is 19.7. The number of anilines is 3. The predicted molar refractivity (Wildman–Crippen MR) is 95.4 cm³/mol. The molecular weight excluding hydrogens is 302 g/mol. The van der Waals surface area contributed by atoms with Crippen molar-refractivity contribution in [2.75, 3.05) is 23.9 Å². The average molecular weight is 321 g/mol. The van der Waals surface area contributed by atoms with E-state index >= 15 is 0 Å². The Morgan fingerprint density at radius 3 is 2.29 bits per heavy atom. The number of aryl methyl sites for hydroxylation is 1. The summed E-state index contributed by atoms with van der Waals surface area (Å²) in [5.41, 5.74) is 4.05. The molecule has 0 atom stereocenters. The van der Waals surface area contributed by atoms with E-state index in [9.17, 15) is 4.79 Å². The number of carbonyl (C=O) groups is 1. The summed E-state index contributed by atoms with van der Waals surface area (Å²) in [6, 6.07) is 13.4. The number of amides is 1. The smallest absolute Gasteiger partial charge is 0.218 e. The van der Waals surface area contributed by atoms with Gasteiger partial charge in [-0.05, 0) is 30.3 Å². The molecule has 3 aromatic rings. The molecule has 24 heavy (non-hydrogen) atoms. The minimum absolute atomic E-state index is 0.707. The summed E-state index contributed by atoms with van der Waals surface area (Å²) in [5, 5.41) is 4.34. The fourth-order valence-corrected chi connectivity index (χ4v) is 2.53. The number of benzene rings is 1. The SMILES string of the molecule is CN(C)c1ccccc1N(C=O)c1ccc(-c2ccn(C)n2)nc1. The van der Waals surface area contributed by atoms with E-state index in [0.717, 1.165) is 29.2 Å². The predicted octanol–water partition coefficient (Wildman–Crippen LogP) is 2.84. The van der Waals surface area contributed by atoms with Gasteiger partial charge in [-0.15, -0.1) is 0 Å². The molecule has 0 aliphatic rings. The number of nitrogens with zero attached hydrogens (tertiary/aromatic N) is 5. The third-order valence-electron chi connectivity index (χ3n) is 3.73. The van der Waals surface area contributed by atoms with Crippen molar-refractivity contribution in [3.05, 3.63) is 54.9 Å². The Kier molecular flexibility index (Phi) is 4.29. The number of para-hydroxylation sites is 2. The number of pyridine rings is 1. The summed E-state index contributed by atoms with van der Waals surface area (Å²) in [6.07, 6.45) is 4.36. The third kappa shape index (κ3) is 2.99. The second-order valence-electron chi connectivity index (χ2n) is 5.63. The van der Waals surface area contributed by atoms with Crippen molar-refractivity contribution in [3.8, 4) is 11.4 Å². The molecule has 0 aliphatic heterocycles. The van der Waals surface area contributed by atoms with Crippen LogP contribution in [0.5, 0.6) is 0 Å². The molecule has 0 unspecified atom stereocenters. The van der Waals surface area contributed by atoms with Gasteiger partial charge in [-0.3, -0.25) is 19.4 Å². The summed E-state index contributed by atoms with van der Waals surface area (Å²) in [7, 11) is 5.76. The minimum Gasteiger partial charge on any atom is -0.376 e. The standard InChI is InChI=1S/C18H19N5O/c1-21(2)17-6-4-5-7-18(17)23(13-24)14-8-9-15(19-12-14)16-10-11-22(3)20-16/h4-13H,1-3H3. The van der Waals surface area contributed by atoms with E-state index in [1.54, 1.807) is 15.8 Å². The monoisotopic (exact) mass is 321 g/mol. The zero-order chi connectivity index (χ0) is 17.1. The molecule has 6 heteroatoms. The van der Waals surface area contributed by atoms with Gasteiger partial charge in [0.05, 0.1) is 29.0 Å². The summed E-state index contributed by atoms with van der Waals surface area (Å²) in [5.74, 6) is 0. The molecular formula is C18H19N5O. The Bertz CT molecular complexity index is 839. The van der Waals surface area contributed by atoms with Crippen LogP contribution >= 0.6 is 0 Å². The molecule has 0 radical (unpaired) electrons. The summed E-state index contributed by atoms with van der Waals surface area (Å²) in [6.45, 7) is 0. The van der Waals surface area contributed by atoms with Crippen molar-refractivity contribution in [1.82, 2.24) is 14.8 Å². The minimum atomic E-state index is 0.707. The Balaban J connectivity index is 1.96. The molecule has 0 N–H and O–H groups in total. The van der Waals surface area contributed by atoms with E-state index in [1.807, 2.05) is 74.7 Å². The van der Waals surface area contributed by atoms with Crippen LogP contribution in [-0.2, 0) is 11.8 Å². The first kappa shape index (κ1) is 15.7. The van der Waals surface area contributed by atoms with E-state index in [1.165, 1.54) is 0 Å². The van der Waals surface area contributed by atoms with Crippen LogP contribution in [0.1, 0.15) is 0 Å². The Morgan fingerprint density at radius 1 is 1.00 bits per heavy atom. The molecule has 1 aromatic carbocycles. The quantitative estimate of drug-likeness (QED) is 0.678. The second kappa shape index (κ2) is 6.54. The first-order valence-corrected chi connectivity index (χ1v) is 7.57. The van der Waals surface area contributed by atoms with Gasteiger partial charge in [-0.25, -0.2) is 0 Å². The topological polar surface area (TPSA) is 54.3 Å². The van der Waals surface area contributed by atoms with E-state index < -0.39 is 0 Å². The fourth-order valence-electron chi connectivity index (χ4n) is 2.53. The van der Waals surface area contributed by atoms with Gasteiger partial charge in [0.2, 0.25) is 6.41 Å². The maximum absolute atomic E-state index is 11.7. The lowest BCUT2D eigenvalue weighted by atomic mass is 10.2. The van der Waals surface area contributed by atoms with Gasteiger partial charge >= 0.3 is 0 Å². The Labute approximate surface area is 141 Å². The van der Waals surface area contributed by atoms with E-state index in [-0.39, 0.29) is 0 Å². The van der Waals surface area contributed by atoms with Gasteiger partial charge in [-0.2, -0.15) is 5.10 Å². The molecule has 122 valence electrons.